The Morgan fingerprint density at radius 2 is 1.78 bits per heavy atom. The molecule has 174 valence electrons. The normalized spacial score (nSPS) is 19.6. The molecule has 1 aromatic carbocycles. The van der Waals surface area contributed by atoms with Crippen LogP contribution in [0.1, 0.15) is 18.4 Å². The van der Waals surface area contributed by atoms with Crippen LogP contribution in [-0.2, 0) is 25.7 Å². The molecule has 1 atom stereocenters. The number of hydrogen-bond donors (Lipinski definition) is 0. The Kier molecular flexibility index (Phi) is 8.14. The average molecular weight is 483 g/mol. The van der Waals surface area contributed by atoms with Gasteiger partial charge in [0.25, 0.3) is 5.91 Å². The Morgan fingerprint density at radius 1 is 1.09 bits per heavy atom. The molecule has 0 spiro atoms. The molecule has 0 saturated carbocycles. The van der Waals surface area contributed by atoms with Gasteiger partial charge in [-0.25, -0.2) is 0 Å². The van der Waals surface area contributed by atoms with Crippen molar-refractivity contribution >= 4 is 46.7 Å². The molecule has 2 aliphatic rings. The average Bonchev–Trinajstić information content (AvgIpc) is 3.04. The van der Waals surface area contributed by atoms with E-state index in [0.29, 0.717) is 36.0 Å². The van der Waals surface area contributed by atoms with Gasteiger partial charge in [-0.3, -0.25) is 19.2 Å². The van der Waals surface area contributed by atoms with Crippen LogP contribution in [0.5, 0.6) is 0 Å². The Morgan fingerprint density at radius 3 is 2.44 bits per heavy atom. The molecule has 2 fully saturated rings. The number of carbonyl (C=O) groups excluding carboxylic acids is 4. The number of carbonyl (C=O) groups is 4. The first-order valence-corrected chi connectivity index (χ1v) is 11.4. The quantitative estimate of drug-likeness (QED) is 0.434. The lowest BCUT2D eigenvalue weighted by Crippen LogP contribution is -2.47. The highest BCUT2D eigenvalue weighted by atomic mass is 35.5. The Bertz CT molecular complexity index is 902. The topological polar surface area (TPSA) is 81.2 Å². The summed E-state index contributed by atoms with van der Waals surface area (Å²) in [4.78, 5) is 56.8. The van der Waals surface area contributed by atoms with Crippen molar-refractivity contribution < 1.29 is 19.2 Å². The molecule has 8 nitrogen and oxygen atoms in total. The van der Waals surface area contributed by atoms with E-state index in [2.05, 4.69) is 4.90 Å². The highest BCUT2D eigenvalue weighted by molar-refractivity contribution is 6.42. The van der Waals surface area contributed by atoms with Crippen molar-refractivity contribution in [2.45, 2.75) is 19.4 Å². The first-order valence-electron chi connectivity index (χ1n) is 10.7. The summed E-state index contributed by atoms with van der Waals surface area (Å²) in [6.45, 7) is 3.69. The van der Waals surface area contributed by atoms with Crippen molar-refractivity contribution in [3.05, 3.63) is 33.8 Å². The van der Waals surface area contributed by atoms with Crippen molar-refractivity contribution in [2.75, 3.05) is 53.4 Å². The number of halogens is 2. The summed E-state index contributed by atoms with van der Waals surface area (Å²) in [6.07, 6.45) is 0.780. The number of rotatable bonds is 7. The zero-order chi connectivity index (χ0) is 23.4. The van der Waals surface area contributed by atoms with E-state index in [-0.39, 0.29) is 25.5 Å². The van der Waals surface area contributed by atoms with Gasteiger partial charge in [0.15, 0.2) is 0 Å². The van der Waals surface area contributed by atoms with Crippen molar-refractivity contribution in [3.8, 4) is 0 Å². The van der Waals surface area contributed by atoms with Gasteiger partial charge in [-0.2, -0.15) is 0 Å². The van der Waals surface area contributed by atoms with Gasteiger partial charge in [-0.15, -0.1) is 0 Å². The molecule has 1 aromatic rings. The van der Waals surface area contributed by atoms with Crippen LogP contribution in [0.2, 0.25) is 10.0 Å². The molecule has 3 rings (SSSR count). The second kappa shape index (κ2) is 10.6. The number of nitrogens with zero attached hydrogens (tertiary/aromatic N) is 4. The molecule has 0 aromatic heterocycles. The predicted octanol–water partition coefficient (Wildman–Crippen LogP) is 1.53. The summed E-state index contributed by atoms with van der Waals surface area (Å²) in [7, 11) is 3.61. The van der Waals surface area contributed by atoms with Gasteiger partial charge >= 0.3 is 0 Å². The van der Waals surface area contributed by atoms with Crippen LogP contribution in [0.4, 0.5) is 0 Å². The summed E-state index contributed by atoms with van der Waals surface area (Å²) < 4.78 is 0. The number of Topliss-reactive ketones (excluding diaryl/α,β-unsaturated/α-hetero) is 1. The summed E-state index contributed by atoms with van der Waals surface area (Å²) in [5.41, 5.74) is 0.770. The molecule has 0 radical (unpaired) electrons. The molecule has 3 amide bonds. The fourth-order valence-electron chi connectivity index (χ4n) is 3.97. The van der Waals surface area contributed by atoms with Crippen LogP contribution in [0.25, 0.3) is 0 Å². The van der Waals surface area contributed by atoms with Crippen LogP contribution in [0.15, 0.2) is 18.2 Å². The maximum atomic E-state index is 12.8. The fraction of sp³-hybridized carbons (Fsp3) is 0.545. The van der Waals surface area contributed by atoms with E-state index >= 15 is 0 Å². The first-order chi connectivity index (χ1) is 15.2. The van der Waals surface area contributed by atoms with Crippen LogP contribution < -0.4 is 0 Å². The molecular formula is C22H28Cl2N4O4. The molecule has 0 N–H and O–H groups in total. The third-order valence-electron chi connectivity index (χ3n) is 5.97. The van der Waals surface area contributed by atoms with Crippen LogP contribution in [-0.4, -0.2) is 96.5 Å². The standard InChI is InChI=1S/C22H28Cl2N4O4/c1-25-8-10-27(11-9-25)19(29)4-3-7-28-14-16(20(30)22(28)32)21(31)26(2)13-15-5-6-17(23)18(24)12-15/h5-6,12,16H,3-4,7-11,13-14H2,1-2H3. The minimum absolute atomic E-state index is 0.0465. The Hall–Kier alpha value is -2.16. The molecular weight excluding hydrogens is 455 g/mol. The number of benzene rings is 1. The zero-order valence-corrected chi connectivity index (χ0v) is 19.9. The van der Waals surface area contributed by atoms with E-state index < -0.39 is 23.5 Å². The van der Waals surface area contributed by atoms with E-state index in [1.165, 1.54) is 9.80 Å². The largest absolute Gasteiger partial charge is 0.341 e. The number of likely N-dealkylation sites (tertiary alicyclic amines) is 1. The smallest absolute Gasteiger partial charge is 0.290 e. The molecule has 0 bridgehead atoms. The van der Waals surface area contributed by atoms with Gasteiger partial charge in [0.05, 0.1) is 10.0 Å². The maximum Gasteiger partial charge on any atom is 0.290 e. The van der Waals surface area contributed by atoms with Gasteiger partial charge in [0.1, 0.15) is 5.92 Å². The van der Waals surface area contributed by atoms with E-state index in [0.717, 1.165) is 18.7 Å². The third kappa shape index (κ3) is 5.79. The second-order valence-corrected chi connectivity index (χ2v) is 9.21. The molecule has 32 heavy (non-hydrogen) atoms. The summed E-state index contributed by atoms with van der Waals surface area (Å²) in [6, 6.07) is 5.06. The lowest BCUT2D eigenvalue weighted by Gasteiger charge is -2.32. The predicted molar refractivity (Wildman–Crippen MR) is 121 cm³/mol. The van der Waals surface area contributed by atoms with Crippen molar-refractivity contribution in [2.24, 2.45) is 5.92 Å². The van der Waals surface area contributed by atoms with Gasteiger partial charge in [-0.05, 0) is 31.2 Å². The van der Waals surface area contributed by atoms with E-state index in [1.54, 1.807) is 25.2 Å². The lowest BCUT2D eigenvalue weighted by atomic mass is 10.1. The molecule has 2 aliphatic heterocycles. The van der Waals surface area contributed by atoms with Crippen LogP contribution in [0.3, 0.4) is 0 Å². The molecule has 0 aliphatic carbocycles. The second-order valence-electron chi connectivity index (χ2n) is 8.40. The van der Waals surface area contributed by atoms with Gasteiger partial charge in [-0.1, -0.05) is 29.3 Å². The Labute approximate surface area is 198 Å². The summed E-state index contributed by atoms with van der Waals surface area (Å²) in [5, 5.41) is 0.803. The number of piperazine rings is 1. The highest BCUT2D eigenvalue weighted by Gasteiger charge is 2.43. The lowest BCUT2D eigenvalue weighted by molar-refractivity contribution is -0.144. The third-order valence-corrected chi connectivity index (χ3v) is 6.71. The maximum absolute atomic E-state index is 12.8. The molecule has 10 heteroatoms. The monoisotopic (exact) mass is 482 g/mol. The number of ketones is 1. The fourth-order valence-corrected chi connectivity index (χ4v) is 4.29. The van der Waals surface area contributed by atoms with E-state index in [4.69, 9.17) is 23.2 Å². The number of hydrogen-bond acceptors (Lipinski definition) is 5. The minimum atomic E-state index is -1.02. The SMILES string of the molecule is CN1CCN(C(=O)CCCN2CC(C(=O)N(C)Cc3ccc(Cl)c(Cl)c3)C(=O)C2=O)CC1. The molecule has 1 unspecified atom stereocenters. The number of likely N-dealkylation sites (N-methyl/N-ethyl adjacent to an activating group) is 1. The van der Waals surface area contributed by atoms with Crippen molar-refractivity contribution in [3.63, 3.8) is 0 Å². The van der Waals surface area contributed by atoms with E-state index in [9.17, 15) is 19.2 Å². The van der Waals surface area contributed by atoms with Gasteiger partial charge < -0.3 is 19.6 Å². The van der Waals surface area contributed by atoms with Gasteiger partial charge in [0, 0.05) is 59.3 Å². The molecule has 2 saturated heterocycles. The van der Waals surface area contributed by atoms with E-state index in [1.807, 2.05) is 11.9 Å². The Balaban J connectivity index is 1.49. The molecule has 2 heterocycles. The number of amides is 3. The minimum Gasteiger partial charge on any atom is -0.341 e. The summed E-state index contributed by atoms with van der Waals surface area (Å²) in [5.74, 6) is -2.72. The summed E-state index contributed by atoms with van der Waals surface area (Å²) >= 11 is 11.9. The van der Waals surface area contributed by atoms with Crippen molar-refractivity contribution in [1.29, 1.82) is 0 Å². The van der Waals surface area contributed by atoms with Gasteiger partial charge in [0.2, 0.25) is 17.6 Å². The van der Waals surface area contributed by atoms with Crippen LogP contribution in [0, 0.1) is 5.92 Å². The van der Waals surface area contributed by atoms with Crippen molar-refractivity contribution in [1.82, 2.24) is 19.6 Å². The van der Waals surface area contributed by atoms with Crippen LogP contribution >= 0.6 is 23.2 Å². The highest BCUT2D eigenvalue weighted by Crippen LogP contribution is 2.24. The first kappa shape index (κ1) is 24.5. The zero-order valence-electron chi connectivity index (χ0n) is 18.4.